The number of hydrogen-bond donors (Lipinski definition) is 1. The normalized spacial score (nSPS) is 11.3. The van der Waals surface area contributed by atoms with E-state index in [0.29, 0.717) is 11.7 Å². The van der Waals surface area contributed by atoms with E-state index in [2.05, 4.69) is 10.4 Å². The second kappa shape index (κ2) is 4.70. The third-order valence-corrected chi connectivity index (χ3v) is 2.34. The molecule has 0 aliphatic heterocycles. The van der Waals surface area contributed by atoms with E-state index in [0.717, 1.165) is 11.3 Å². The van der Waals surface area contributed by atoms with Gasteiger partial charge >= 0.3 is 0 Å². The van der Waals surface area contributed by atoms with Crippen LogP contribution in [0.2, 0.25) is 5.15 Å². The lowest BCUT2D eigenvalue weighted by atomic mass is 10.2. The molecule has 0 fully saturated rings. The standard InChI is InChI=1S/C8H12ClF2N3/c1-5-6(3-12-4-7(10)11)8(9)14(2)13-5/h7,12H,3-4H2,1-2H3. The minimum atomic E-state index is -2.34. The van der Waals surface area contributed by atoms with Crippen molar-refractivity contribution < 1.29 is 8.78 Å². The molecule has 3 nitrogen and oxygen atoms in total. The van der Waals surface area contributed by atoms with Gasteiger partial charge in [0, 0.05) is 19.2 Å². The van der Waals surface area contributed by atoms with Crippen molar-refractivity contribution in [1.82, 2.24) is 15.1 Å². The molecular formula is C8H12ClF2N3. The van der Waals surface area contributed by atoms with Crippen molar-refractivity contribution in [3.63, 3.8) is 0 Å². The smallest absolute Gasteiger partial charge is 0.250 e. The number of nitrogens with zero attached hydrogens (tertiary/aromatic N) is 2. The third kappa shape index (κ3) is 2.65. The van der Waals surface area contributed by atoms with Gasteiger partial charge in [-0.15, -0.1) is 0 Å². The van der Waals surface area contributed by atoms with Gasteiger partial charge in [-0.2, -0.15) is 5.10 Å². The van der Waals surface area contributed by atoms with Crippen molar-refractivity contribution in [3.05, 3.63) is 16.4 Å². The summed E-state index contributed by atoms with van der Waals surface area (Å²) in [5.41, 5.74) is 1.54. The molecule has 1 aromatic rings. The van der Waals surface area contributed by atoms with Gasteiger partial charge in [0.2, 0.25) is 0 Å². The molecule has 0 atom stereocenters. The second-order valence-corrected chi connectivity index (χ2v) is 3.36. The van der Waals surface area contributed by atoms with Crippen molar-refractivity contribution in [1.29, 1.82) is 0 Å². The minimum absolute atomic E-state index is 0.322. The van der Waals surface area contributed by atoms with Crippen LogP contribution >= 0.6 is 11.6 Å². The van der Waals surface area contributed by atoms with Gasteiger partial charge in [0.05, 0.1) is 12.2 Å². The number of alkyl halides is 2. The van der Waals surface area contributed by atoms with Crippen LogP contribution in [-0.2, 0) is 13.6 Å². The summed E-state index contributed by atoms with van der Waals surface area (Å²) in [5.74, 6) is 0. The zero-order valence-corrected chi connectivity index (χ0v) is 8.78. The summed E-state index contributed by atoms with van der Waals surface area (Å²) in [7, 11) is 1.71. The third-order valence-electron chi connectivity index (χ3n) is 1.87. The monoisotopic (exact) mass is 223 g/mol. The summed E-state index contributed by atoms with van der Waals surface area (Å²) in [6.45, 7) is 1.79. The largest absolute Gasteiger partial charge is 0.307 e. The van der Waals surface area contributed by atoms with Gasteiger partial charge in [-0.25, -0.2) is 8.78 Å². The molecule has 1 rings (SSSR count). The quantitative estimate of drug-likeness (QED) is 0.843. The topological polar surface area (TPSA) is 29.9 Å². The van der Waals surface area contributed by atoms with Crippen LogP contribution in [0.3, 0.4) is 0 Å². The fourth-order valence-corrected chi connectivity index (χ4v) is 1.42. The van der Waals surface area contributed by atoms with E-state index in [1.54, 1.807) is 14.0 Å². The van der Waals surface area contributed by atoms with Crippen LogP contribution in [0.15, 0.2) is 0 Å². The number of rotatable bonds is 4. The van der Waals surface area contributed by atoms with Crippen molar-refractivity contribution >= 4 is 11.6 Å². The molecule has 0 saturated heterocycles. The summed E-state index contributed by atoms with van der Waals surface area (Å²) in [6.07, 6.45) is -2.34. The first kappa shape index (κ1) is 11.4. The van der Waals surface area contributed by atoms with Crippen molar-refractivity contribution in [2.45, 2.75) is 19.9 Å². The van der Waals surface area contributed by atoms with E-state index in [4.69, 9.17) is 11.6 Å². The van der Waals surface area contributed by atoms with Crippen LogP contribution in [-0.4, -0.2) is 22.8 Å². The second-order valence-electron chi connectivity index (χ2n) is 3.00. The summed E-state index contributed by atoms with van der Waals surface area (Å²) < 4.78 is 25.2. The molecule has 0 spiro atoms. The van der Waals surface area contributed by atoms with E-state index in [1.165, 1.54) is 4.68 Å². The Kier molecular flexibility index (Phi) is 3.83. The number of halogens is 3. The average molecular weight is 224 g/mol. The van der Waals surface area contributed by atoms with Crippen molar-refractivity contribution in [2.24, 2.45) is 7.05 Å². The average Bonchev–Trinajstić information content (AvgIpc) is 2.31. The Morgan fingerprint density at radius 3 is 2.64 bits per heavy atom. The Morgan fingerprint density at radius 1 is 1.57 bits per heavy atom. The molecule has 14 heavy (non-hydrogen) atoms. The molecule has 6 heteroatoms. The molecule has 0 aliphatic rings. The first-order valence-corrected chi connectivity index (χ1v) is 4.57. The minimum Gasteiger partial charge on any atom is -0.307 e. The molecule has 0 radical (unpaired) electrons. The SMILES string of the molecule is Cc1nn(C)c(Cl)c1CNCC(F)F. The van der Waals surface area contributed by atoms with E-state index < -0.39 is 6.43 Å². The van der Waals surface area contributed by atoms with E-state index >= 15 is 0 Å². The molecule has 0 saturated carbocycles. The highest BCUT2D eigenvalue weighted by atomic mass is 35.5. The number of hydrogen-bond acceptors (Lipinski definition) is 2. The van der Waals surface area contributed by atoms with Crippen LogP contribution in [0.5, 0.6) is 0 Å². The van der Waals surface area contributed by atoms with Crippen molar-refractivity contribution in [2.75, 3.05) is 6.54 Å². The number of nitrogens with one attached hydrogen (secondary N) is 1. The van der Waals surface area contributed by atoms with Gasteiger partial charge in [0.15, 0.2) is 0 Å². The molecule has 80 valence electrons. The van der Waals surface area contributed by atoms with Gasteiger partial charge < -0.3 is 5.32 Å². The Hall–Kier alpha value is -0.680. The fraction of sp³-hybridized carbons (Fsp3) is 0.625. The Bertz CT molecular complexity index is 312. The maximum atomic E-state index is 11.8. The zero-order valence-electron chi connectivity index (χ0n) is 8.02. The molecule has 0 amide bonds. The van der Waals surface area contributed by atoms with E-state index in [-0.39, 0.29) is 6.54 Å². The Morgan fingerprint density at radius 2 is 2.21 bits per heavy atom. The predicted molar refractivity (Wildman–Crippen MR) is 50.7 cm³/mol. The lowest BCUT2D eigenvalue weighted by Crippen LogP contribution is -2.20. The predicted octanol–water partition coefficient (Wildman–Crippen LogP) is 1.74. The fourth-order valence-electron chi connectivity index (χ4n) is 1.18. The van der Waals surface area contributed by atoms with Crippen LogP contribution in [0, 0.1) is 6.92 Å². The molecule has 0 bridgehead atoms. The molecule has 1 aromatic heterocycles. The maximum absolute atomic E-state index is 11.8. The molecule has 1 heterocycles. The van der Waals surface area contributed by atoms with Gasteiger partial charge in [0.1, 0.15) is 5.15 Å². The molecule has 0 aromatic carbocycles. The maximum Gasteiger partial charge on any atom is 0.250 e. The molecular weight excluding hydrogens is 212 g/mol. The first-order chi connectivity index (χ1) is 6.52. The van der Waals surface area contributed by atoms with Gasteiger partial charge in [-0.3, -0.25) is 4.68 Å². The highest BCUT2D eigenvalue weighted by molar-refractivity contribution is 6.30. The lowest BCUT2D eigenvalue weighted by molar-refractivity contribution is 0.145. The highest BCUT2D eigenvalue weighted by Crippen LogP contribution is 2.17. The molecule has 0 aliphatic carbocycles. The summed E-state index contributed by atoms with van der Waals surface area (Å²) in [5, 5.41) is 7.16. The van der Waals surface area contributed by atoms with Gasteiger partial charge in [0.25, 0.3) is 6.43 Å². The number of aryl methyl sites for hydroxylation is 2. The van der Waals surface area contributed by atoms with Crippen LogP contribution in [0.4, 0.5) is 8.78 Å². The van der Waals surface area contributed by atoms with Crippen LogP contribution < -0.4 is 5.32 Å². The van der Waals surface area contributed by atoms with E-state index in [1.807, 2.05) is 0 Å². The molecule has 1 N–H and O–H groups in total. The first-order valence-electron chi connectivity index (χ1n) is 4.19. The zero-order chi connectivity index (χ0) is 10.7. The van der Waals surface area contributed by atoms with Crippen LogP contribution in [0.25, 0.3) is 0 Å². The summed E-state index contributed by atoms with van der Waals surface area (Å²) in [6, 6.07) is 0. The van der Waals surface area contributed by atoms with Gasteiger partial charge in [-0.1, -0.05) is 11.6 Å². The Balaban J connectivity index is 2.58. The lowest BCUT2D eigenvalue weighted by Gasteiger charge is -2.03. The van der Waals surface area contributed by atoms with Gasteiger partial charge in [-0.05, 0) is 6.92 Å². The molecule has 0 unspecified atom stereocenters. The summed E-state index contributed by atoms with van der Waals surface area (Å²) >= 11 is 5.90. The van der Waals surface area contributed by atoms with E-state index in [9.17, 15) is 8.78 Å². The summed E-state index contributed by atoms with van der Waals surface area (Å²) in [4.78, 5) is 0. The highest BCUT2D eigenvalue weighted by Gasteiger charge is 2.11. The Labute approximate surface area is 86.0 Å². The van der Waals surface area contributed by atoms with Crippen LogP contribution in [0.1, 0.15) is 11.3 Å². The van der Waals surface area contributed by atoms with Crippen molar-refractivity contribution in [3.8, 4) is 0 Å². The number of aromatic nitrogens is 2.